The van der Waals surface area contributed by atoms with E-state index in [1.54, 1.807) is 0 Å². The zero-order chi connectivity index (χ0) is 27.7. The zero-order valence-electron chi connectivity index (χ0n) is 20.4. The quantitative estimate of drug-likeness (QED) is 0.186. The maximum absolute atomic E-state index is 13.0. The molecule has 0 radical (unpaired) electrons. The first-order valence-electron chi connectivity index (χ1n) is 10.8. The Kier molecular flexibility index (Phi) is 10.4. The minimum absolute atomic E-state index is 0.00929. The van der Waals surface area contributed by atoms with Crippen LogP contribution < -0.4 is 5.32 Å². The van der Waals surface area contributed by atoms with Crippen LogP contribution in [0.4, 0.5) is 5.69 Å². The molecular weight excluding hydrogens is 500 g/mol. The number of hydrogen-bond acceptors (Lipinski definition) is 13. The molecule has 15 heteroatoms. The van der Waals surface area contributed by atoms with Crippen molar-refractivity contribution in [1.29, 1.82) is 0 Å². The molecule has 5 atom stereocenters. The number of rotatable bonds is 10. The van der Waals surface area contributed by atoms with Crippen molar-refractivity contribution in [3.05, 3.63) is 39.9 Å². The van der Waals surface area contributed by atoms with Crippen molar-refractivity contribution >= 4 is 35.5 Å². The molecule has 0 spiro atoms. The maximum atomic E-state index is 13.0. The lowest BCUT2D eigenvalue weighted by Crippen LogP contribution is -2.66. The van der Waals surface area contributed by atoms with E-state index in [1.165, 1.54) is 12.1 Å². The van der Waals surface area contributed by atoms with Gasteiger partial charge in [0, 0.05) is 38.5 Å². The third-order valence-electron chi connectivity index (χ3n) is 4.94. The van der Waals surface area contributed by atoms with Crippen LogP contribution in [-0.2, 0) is 47.6 Å². The molecule has 1 N–H and O–H groups in total. The minimum atomic E-state index is -1.55. The van der Waals surface area contributed by atoms with Gasteiger partial charge in [0.25, 0.3) is 11.6 Å². The maximum Gasteiger partial charge on any atom is 0.331 e. The summed E-state index contributed by atoms with van der Waals surface area (Å²) in [6, 6.07) is 3.23. The van der Waals surface area contributed by atoms with Crippen LogP contribution in [0.5, 0.6) is 0 Å². The van der Waals surface area contributed by atoms with E-state index in [1.807, 2.05) is 0 Å². The predicted octanol–water partition coefficient (Wildman–Crippen LogP) is 0.0342. The van der Waals surface area contributed by atoms with Crippen molar-refractivity contribution in [3.8, 4) is 0 Å². The largest absolute Gasteiger partial charge is 0.467 e. The van der Waals surface area contributed by atoms with Gasteiger partial charge in [0.2, 0.25) is 6.29 Å². The Hall–Kier alpha value is -4.11. The second-order valence-electron chi connectivity index (χ2n) is 7.68. The van der Waals surface area contributed by atoms with Crippen LogP contribution in [0, 0.1) is 10.1 Å². The van der Waals surface area contributed by atoms with E-state index in [2.05, 4.69) is 10.1 Å². The van der Waals surface area contributed by atoms with Crippen LogP contribution in [0.3, 0.4) is 0 Å². The third-order valence-corrected chi connectivity index (χ3v) is 4.94. The molecule has 1 heterocycles. The minimum Gasteiger partial charge on any atom is -0.467 e. The lowest BCUT2D eigenvalue weighted by molar-refractivity contribution is -0.384. The monoisotopic (exact) mass is 526 g/mol. The number of carbonyl (C=O) groups is 5. The SMILES string of the molecule is COC(=O)CO[C@@H]1[C@H](NC(=O)c2ccc([N+](=O)[O-])cc2)[C@H](OC(C)=O)O[C@H](COC(C)=O)[C@H]1OC(C)=O. The van der Waals surface area contributed by atoms with Crippen LogP contribution >= 0.6 is 0 Å². The molecule has 1 saturated heterocycles. The average molecular weight is 526 g/mol. The Balaban J connectivity index is 2.46. The fraction of sp³-hybridized carbons (Fsp3) is 0.500. The standard InChI is InChI=1S/C22H26N2O13/c1-11(25)33-9-16-19(35-12(2)26)20(34-10-17(28)32-4)18(22(37-16)36-13(3)27)23-21(29)14-5-7-15(8-6-14)24(30)31/h5-8,16,18-20,22H,9-10H2,1-4H3,(H,23,29)/t16-,18+,19-,20-,22-/m1/s1. The topological polar surface area (TPSA) is 196 Å². The van der Waals surface area contributed by atoms with E-state index < -0.39 is 78.6 Å². The second-order valence-corrected chi connectivity index (χ2v) is 7.68. The van der Waals surface area contributed by atoms with Crippen molar-refractivity contribution in [2.45, 2.75) is 51.4 Å². The molecule has 1 aliphatic heterocycles. The van der Waals surface area contributed by atoms with Gasteiger partial charge >= 0.3 is 23.9 Å². The number of nitrogens with zero attached hydrogens (tertiary/aromatic N) is 1. The smallest absolute Gasteiger partial charge is 0.331 e. The number of carbonyl (C=O) groups excluding carboxylic acids is 5. The number of nitro benzene ring substituents is 1. The van der Waals surface area contributed by atoms with Gasteiger partial charge in [0.1, 0.15) is 31.5 Å². The molecule has 37 heavy (non-hydrogen) atoms. The summed E-state index contributed by atoms with van der Waals surface area (Å²) in [5, 5.41) is 13.4. The Morgan fingerprint density at radius 3 is 2.11 bits per heavy atom. The van der Waals surface area contributed by atoms with Crippen LogP contribution in [0.15, 0.2) is 24.3 Å². The second kappa shape index (κ2) is 13.3. The van der Waals surface area contributed by atoms with Crippen molar-refractivity contribution in [1.82, 2.24) is 5.32 Å². The lowest BCUT2D eigenvalue weighted by atomic mass is 9.95. The zero-order valence-corrected chi connectivity index (χ0v) is 20.4. The van der Waals surface area contributed by atoms with E-state index in [9.17, 15) is 34.1 Å². The number of ether oxygens (including phenoxy) is 6. The van der Waals surface area contributed by atoms with E-state index in [4.69, 9.17) is 23.7 Å². The summed E-state index contributed by atoms with van der Waals surface area (Å²) in [6.07, 6.45) is -5.50. The first-order chi connectivity index (χ1) is 17.4. The number of hydrogen-bond donors (Lipinski definition) is 1. The number of nitrogens with one attached hydrogen (secondary N) is 1. The van der Waals surface area contributed by atoms with Gasteiger partial charge in [-0.3, -0.25) is 29.3 Å². The highest BCUT2D eigenvalue weighted by Gasteiger charge is 2.51. The molecule has 1 fully saturated rings. The molecule has 15 nitrogen and oxygen atoms in total. The molecule has 0 unspecified atom stereocenters. The van der Waals surface area contributed by atoms with Gasteiger partial charge in [0.05, 0.1) is 12.0 Å². The molecular formula is C22H26N2O13. The number of esters is 4. The molecule has 1 aromatic rings. The summed E-state index contributed by atoms with van der Waals surface area (Å²) in [5.41, 5.74) is -0.261. The fourth-order valence-electron chi connectivity index (χ4n) is 3.38. The fourth-order valence-corrected chi connectivity index (χ4v) is 3.38. The lowest BCUT2D eigenvalue weighted by Gasteiger charge is -2.44. The molecule has 202 valence electrons. The van der Waals surface area contributed by atoms with Gasteiger partial charge in [0.15, 0.2) is 6.10 Å². The molecule has 2 rings (SSSR count). The summed E-state index contributed by atoms with van der Waals surface area (Å²) < 4.78 is 31.4. The Labute approximate surface area is 210 Å². The Morgan fingerprint density at radius 2 is 1.59 bits per heavy atom. The average Bonchev–Trinajstić information content (AvgIpc) is 2.83. The van der Waals surface area contributed by atoms with Gasteiger partial charge < -0.3 is 33.7 Å². The first kappa shape index (κ1) is 29.1. The molecule has 1 amide bonds. The normalized spacial score (nSPS) is 22.8. The van der Waals surface area contributed by atoms with Gasteiger partial charge in [-0.25, -0.2) is 4.79 Å². The summed E-state index contributed by atoms with van der Waals surface area (Å²) in [6.45, 7) is 2.18. The molecule has 0 bridgehead atoms. The predicted molar refractivity (Wildman–Crippen MR) is 119 cm³/mol. The first-order valence-corrected chi connectivity index (χ1v) is 10.8. The highest BCUT2D eigenvalue weighted by molar-refractivity contribution is 5.94. The van der Waals surface area contributed by atoms with Gasteiger partial charge in [-0.2, -0.15) is 0 Å². The number of amides is 1. The summed E-state index contributed by atoms with van der Waals surface area (Å²) in [4.78, 5) is 70.1. The number of methoxy groups -OCH3 is 1. The third kappa shape index (κ3) is 8.50. The summed E-state index contributed by atoms with van der Waals surface area (Å²) >= 11 is 0. The van der Waals surface area contributed by atoms with E-state index >= 15 is 0 Å². The molecule has 0 saturated carbocycles. The van der Waals surface area contributed by atoms with E-state index in [0.717, 1.165) is 40.0 Å². The Bertz CT molecular complexity index is 1030. The highest BCUT2D eigenvalue weighted by Crippen LogP contribution is 2.28. The molecule has 1 aromatic carbocycles. The number of benzene rings is 1. The Morgan fingerprint density at radius 1 is 0.973 bits per heavy atom. The number of nitro groups is 1. The van der Waals surface area contributed by atoms with Crippen molar-refractivity contribution in [3.63, 3.8) is 0 Å². The molecule has 0 aliphatic carbocycles. The van der Waals surface area contributed by atoms with E-state index in [-0.39, 0.29) is 11.3 Å². The van der Waals surface area contributed by atoms with Gasteiger partial charge in [-0.1, -0.05) is 0 Å². The van der Waals surface area contributed by atoms with Crippen LogP contribution in [0.1, 0.15) is 31.1 Å². The van der Waals surface area contributed by atoms with Crippen LogP contribution in [0.25, 0.3) is 0 Å². The van der Waals surface area contributed by atoms with Crippen molar-refractivity contribution in [2.75, 3.05) is 20.3 Å². The van der Waals surface area contributed by atoms with Crippen molar-refractivity contribution in [2.24, 2.45) is 0 Å². The molecule has 1 aliphatic rings. The van der Waals surface area contributed by atoms with Crippen LogP contribution in [-0.4, -0.2) is 85.7 Å². The van der Waals surface area contributed by atoms with Gasteiger partial charge in [-0.15, -0.1) is 0 Å². The van der Waals surface area contributed by atoms with Gasteiger partial charge in [-0.05, 0) is 12.1 Å². The van der Waals surface area contributed by atoms with E-state index in [0.29, 0.717) is 0 Å². The van der Waals surface area contributed by atoms with Crippen molar-refractivity contribution < 1.29 is 57.3 Å². The molecule has 0 aromatic heterocycles. The van der Waals surface area contributed by atoms with Crippen LogP contribution in [0.2, 0.25) is 0 Å². The number of non-ortho nitro benzene ring substituents is 1. The highest BCUT2D eigenvalue weighted by atomic mass is 16.7. The summed E-state index contributed by atoms with van der Waals surface area (Å²) in [7, 11) is 1.11. The summed E-state index contributed by atoms with van der Waals surface area (Å²) in [5.74, 6) is -3.89.